The molecule has 160 valence electrons. The Morgan fingerprint density at radius 2 is 2.10 bits per heavy atom. The standard InChI is InChI=1S/C24H23F2N3O2/c1-14-10-17(23(25)26)3-4-18(14)15-2-5-19-16(11-15)6-9-28-22(19)13-29-21-12-27-8-7-20(21)24(30)31/h2-5,7-8,10-12,22-23,28-29H,6,9,13H2,1H3,(H,30,31)/t22-/m1/s1. The number of halogens is 2. The fraction of sp³-hybridized carbons (Fsp3) is 0.250. The third-order valence-electron chi connectivity index (χ3n) is 5.67. The Balaban J connectivity index is 1.56. The van der Waals surface area contributed by atoms with Crippen LogP contribution in [0.5, 0.6) is 0 Å². The summed E-state index contributed by atoms with van der Waals surface area (Å²) in [7, 11) is 0. The van der Waals surface area contributed by atoms with E-state index in [4.69, 9.17) is 0 Å². The quantitative estimate of drug-likeness (QED) is 0.521. The van der Waals surface area contributed by atoms with Gasteiger partial charge < -0.3 is 15.7 Å². The first-order valence-corrected chi connectivity index (χ1v) is 10.1. The van der Waals surface area contributed by atoms with Crippen LogP contribution >= 0.6 is 0 Å². The molecule has 1 aromatic heterocycles. The molecule has 2 heterocycles. The Morgan fingerprint density at radius 3 is 2.84 bits per heavy atom. The number of alkyl halides is 2. The molecule has 4 rings (SSSR count). The van der Waals surface area contributed by atoms with Crippen LogP contribution in [-0.4, -0.2) is 29.1 Å². The number of fused-ring (bicyclic) bond motifs is 1. The van der Waals surface area contributed by atoms with Crippen molar-refractivity contribution in [3.05, 3.63) is 82.7 Å². The first kappa shape index (κ1) is 20.9. The number of carboxylic acid groups (broad SMARTS) is 1. The summed E-state index contributed by atoms with van der Waals surface area (Å²) in [5.41, 5.74) is 5.82. The highest BCUT2D eigenvalue weighted by Crippen LogP contribution is 2.32. The van der Waals surface area contributed by atoms with Crippen molar-refractivity contribution >= 4 is 11.7 Å². The number of pyridine rings is 1. The van der Waals surface area contributed by atoms with Crippen LogP contribution in [0, 0.1) is 6.92 Å². The Hall–Kier alpha value is -3.32. The third kappa shape index (κ3) is 4.41. The molecule has 0 saturated carbocycles. The monoisotopic (exact) mass is 423 g/mol. The highest BCUT2D eigenvalue weighted by atomic mass is 19.3. The second-order valence-corrected chi connectivity index (χ2v) is 7.65. The van der Waals surface area contributed by atoms with Crippen molar-refractivity contribution in [1.82, 2.24) is 10.3 Å². The van der Waals surface area contributed by atoms with E-state index >= 15 is 0 Å². The molecule has 1 aliphatic heterocycles. The number of hydrogen-bond donors (Lipinski definition) is 3. The minimum atomic E-state index is -2.47. The molecule has 0 unspecified atom stereocenters. The minimum absolute atomic E-state index is 0.0157. The zero-order valence-electron chi connectivity index (χ0n) is 17.0. The molecule has 0 saturated heterocycles. The van der Waals surface area contributed by atoms with Gasteiger partial charge in [0.05, 0.1) is 17.4 Å². The number of anilines is 1. The fourth-order valence-electron chi connectivity index (χ4n) is 4.08. The number of nitrogens with zero attached hydrogens (tertiary/aromatic N) is 1. The number of benzene rings is 2. The number of carboxylic acids is 1. The van der Waals surface area contributed by atoms with Crippen molar-refractivity contribution in [3.63, 3.8) is 0 Å². The zero-order chi connectivity index (χ0) is 22.0. The molecule has 0 fully saturated rings. The predicted molar refractivity (Wildman–Crippen MR) is 116 cm³/mol. The lowest BCUT2D eigenvalue weighted by atomic mass is 9.89. The highest BCUT2D eigenvalue weighted by Gasteiger charge is 2.21. The molecule has 0 amide bonds. The highest BCUT2D eigenvalue weighted by molar-refractivity contribution is 5.93. The molecule has 31 heavy (non-hydrogen) atoms. The molecule has 7 heteroatoms. The summed E-state index contributed by atoms with van der Waals surface area (Å²) in [6.07, 6.45) is 1.36. The summed E-state index contributed by atoms with van der Waals surface area (Å²) in [5.74, 6) is -1.00. The van der Waals surface area contributed by atoms with Gasteiger partial charge >= 0.3 is 5.97 Å². The van der Waals surface area contributed by atoms with Crippen LogP contribution < -0.4 is 10.6 Å². The molecule has 0 aliphatic carbocycles. The van der Waals surface area contributed by atoms with Gasteiger partial charge in [0, 0.05) is 24.3 Å². The predicted octanol–water partition coefficient (Wildman–Crippen LogP) is 4.99. The van der Waals surface area contributed by atoms with E-state index in [1.807, 2.05) is 13.0 Å². The molecule has 0 bridgehead atoms. The van der Waals surface area contributed by atoms with E-state index in [1.54, 1.807) is 12.1 Å². The lowest BCUT2D eigenvalue weighted by molar-refractivity contribution is 0.0697. The summed E-state index contributed by atoms with van der Waals surface area (Å²) < 4.78 is 25.9. The smallest absolute Gasteiger partial charge is 0.337 e. The number of hydrogen-bond acceptors (Lipinski definition) is 4. The Bertz CT molecular complexity index is 1120. The number of aromatic carboxylic acids is 1. The normalized spacial score (nSPS) is 15.5. The van der Waals surface area contributed by atoms with Gasteiger partial charge in [0.1, 0.15) is 0 Å². The van der Waals surface area contributed by atoms with Crippen LogP contribution in [-0.2, 0) is 6.42 Å². The maximum atomic E-state index is 13.0. The van der Waals surface area contributed by atoms with Gasteiger partial charge in [-0.1, -0.05) is 30.3 Å². The molecule has 3 aromatic rings. The summed E-state index contributed by atoms with van der Waals surface area (Å²) in [4.78, 5) is 15.4. The van der Waals surface area contributed by atoms with Crippen molar-refractivity contribution in [2.24, 2.45) is 0 Å². The molecule has 1 aliphatic rings. The van der Waals surface area contributed by atoms with Crippen molar-refractivity contribution in [2.45, 2.75) is 25.8 Å². The van der Waals surface area contributed by atoms with Crippen LogP contribution in [0.15, 0.2) is 54.9 Å². The Kier molecular flexibility index (Phi) is 5.95. The summed E-state index contributed by atoms with van der Waals surface area (Å²) in [6, 6.07) is 12.5. The van der Waals surface area contributed by atoms with Crippen LogP contribution in [0.25, 0.3) is 11.1 Å². The molecular weight excluding hydrogens is 400 g/mol. The molecule has 5 nitrogen and oxygen atoms in total. The van der Waals surface area contributed by atoms with Crippen LogP contribution in [0.4, 0.5) is 14.5 Å². The van der Waals surface area contributed by atoms with E-state index in [9.17, 15) is 18.7 Å². The van der Waals surface area contributed by atoms with Gasteiger partial charge in [-0.15, -0.1) is 0 Å². The second-order valence-electron chi connectivity index (χ2n) is 7.65. The van der Waals surface area contributed by atoms with E-state index in [0.29, 0.717) is 12.2 Å². The first-order valence-electron chi connectivity index (χ1n) is 10.1. The molecule has 1 atom stereocenters. The first-order chi connectivity index (χ1) is 14.9. The van der Waals surface area contributed by atoms with Crippen molar-refractivity contribution < 1.29 is 18.7 Å². The number of nitrogens with one attached hydrogen (secondary N) is 2. The average molecular weight is 423 g/mol. The topological polar surface area (TPSA) is 74.2 Å². The van der Waals surface area contributed by atoms with E-state index in [2.05, 4.69) is 27.8 Å². The molecule has 3 N–H and O–H groups in total. The summed E-state index contributed by atoms with van der Waals surface area (Å²) >= 11 is 0. The molecule has 2 aromatic carbocycles. The van der Waals surface area contributed by atoms with Crippen molar-refractivity contribution in [1.29, 1.82) is 0 Å². The molecule has 0 radical (unpaired) electrons. The van der Waals surface area contributed by atoms with Gasteiger partial charge in [-0.2, -0.15) is 0 Å². The van der Waals surface area contributed by atoms with Crippen LogP contribution in [0.1, 0.15) is 45.1 Å². The fourth-order valence-corrected chi connectivity index (χ4v) is 4.08. The second kappa shape index (κ2) is 8.81. The lowest BCUT2D eigenvalue weighted by Gasteiger charge is -2.28. The van der Waals surface area contributed by atoms with Gasteiger partial charge in [-0.3, -0.25) is 4.98 Å². The van der Waals surface area contributed by atoms with E-state index < -0.39 is 12.4 Å². The SMILES string of the molecule is Cc1cc(C(F)F)ccc1-c1ccc2c(c1)CCN[C@@H]2CNc1cnccc1C(=O)O. The van der Waals surface area contributed by atoms with Crippen LogP contribution in [0.2, 0.25) is 0 Å². The summed E-state index contributed by atoms with van der Waals surface area (Å²) in [6.45, 7) is 3.16. The minimum Gasteiger partial charge on any atom is -0.478 e. The molecular formula is C24H23F2N3O2. The van der Waals surface area contributed by atoms with Crippen LogP contribution in [0.3, 0.4) is 0 Å². The maximum absolute atomic E-state index is 13.0. The third-order valence-corrected chi connectivity index (χ3v) is 5.67. The zero-order valence-corrected chi connectivity index (χ0v) is 17.0. The summed E-state index contributed by atoms with van der Waals surface area (Å²) in [5, 5.41) is 16.0. The average Bonchev–Trinajstić information content (AvgIpc) is 2.77. The lowest BCUT2D eigenvalue weighted by Crippen LogP contribution is -2.34. The number of carbonyl (C=O) groups is 1. The van der Waals surface area contributed by atoms with E-state index in [1.165, 1.54) is 30.1 Å². The number of aromatic nitrogens is 1. The Morgan fingerprint density at radius 1 is 1.26 bits per heavy atom. The largest absolute Gasteiger partial charge is 0.478 e. The van der Waals surface area contributed by atoms with Gasteiger partial charge in [-0.05, 0) is 59.8 Å². The van der Waals surface area contributed by atoms with Crippen molar-refractivity contribution in [2.75, 3.05) is 18.4 Å². The van der Waals surface area contributed by atoms with E-state index in [-0.39, 0.29) is 17.2 Å². The molecule has 0 spiro atoms. The maximum Gasteiger partial charge on any atom is 0.337 e. The van der Waals surface area contributed by atoms with E-state index in [0.717, 1.165) is 35.2 Å². The Labute approximate surface area is 179 Å². The number of rotatable bonds is 6. The van der Waals surface area contributed by atoms with Crippen molar-refractivity contribution in [3.8, 4) is 11.1 Å². The number of aryl methyl sites for hydroxylation is 1. The van der Waals surface area contributed by atoms with Gasteiger partial charge in [0.25, 0.3) is 6.43 Å². The van der Waals surface area contributed by atoms with Gasteiger partial charge in [0.2, 0.25) is 0 Å². The van der Waals surface area contributed by atoms with Gasteiger partial charge in [-0.25, -0.2) is 13.6 Å². The van der Waals surface area contributed by atoms with Gasteiger partial charge in [0.15, 0.2) is 0 Å².